The van der Waals surface area contributed by atoms with Crippen molar-refractivity contribution in [1.29, 1.82) is 0 Å². The fourth-order valence-electron chi connectivity index (χ4n) is 2.62. The average Bonchev–Trinajstić information content (AvgIpc) is 3.42. The summed E-state index contributed by atoms with van der Waals surface area (Å²) < 4.78 is 0. The number of anilines is 5. The maximum atomic E-state index is 11.4. The zero-order valence-electron chi connectivity index (χ0n) is 14.6. The van der Waals surface area contributed by atoms with Crippen molar-refractivity contribution in [1.82, 2.24) is 20.2 Å². The van der Waals surface area contributed by atoms with E-state index in [1.807, 2.05) is 18.2 Å². The summed E-state index contributed by atoms with van der Waals surface area (Å²) in [4.78, 5) is 20.1. The minimum atomic E-state index is -0.265. The number of H-pyrrole nitrogens is 1. The summed E-state index contributed by atoms with van der Waals surface area (Å²) in [6.45, 7) is 3.44. The number of aromatic amines is 1. The van der Waals surface area contributed by atoms with Gasteiger partial charge in [0.05, 0.1) is 0 Å². The molecule has 1 saturated carbocycles. The van der Waals surface area contributed by atoms with Crippen molar-refractivity contribution < 1.29 is 4.79 Å². The zero-order valence-corrected chi connectivity index (χ0v) is 14.6. The van der Waals surface area contributed by atoms with Crippen LogP contribution in [-0.2, 0) is 4.79 Å². The van der Waals surface area contributed by atoms with Gasteiger partial charge in [0.15, 0.2) is 5.82 Å². The topological polar surface area (TPSA) is 108 Å². The summed E-state index contributed by atoms with van der Waals surface area (Å²) >= 11 is 0. The van der Waals surface area contributed by atoms with Crippen LogP contribution in [-0.4, -0.2) is 26.1 Å². The number of rotatable bonds is 7. The van der Waals surface area contributed by atoms with Gasteiger partial charge in [-0.25, -0.2) is 4.98 Å². The van der Waals surface area contributed by atoms with Gasteiger partial charge in [-0.2, -0.15) is 10.1 Å². The molecule has 1 fully saturated rings. The molecule has 8 nitrogen and oxygen atoms in total. The molecule has 0 unspecified atom stereocenters. The van der Waals surface area contributed by atoms with Gasteiger partial charge < -0.3 is 16.0 Å². The van der Waals surface area contributed by atoms with Crippen molar-refractivity contribution in [2.45, 2.75) is 18.8 Å². The van der Waals surface area contributed by atoms with E-state index in [0.29, 0.717) is 23.4 Å². The van der Waals surface area contributed by atoms with Crippen LogP contribution in [0, 0.1) is 0 Å². The molecule has 0 saturated heterocycles. The van der Waals surface area contributed by atoms with E-state index in [4.69, 9.17) is 0 Å². The number of hydrogen-bond acceptors (Lipinski definition) is 6. The van der Waals surface area contributed by atoms with Gasteiger partial charge in [0.25, 0.3) is 0 Å². The molecule has 2 aromatic heterocycles. The predicted molar refractivity (Wildman–Crippen MR) is 104 cm³/mol. The number of amides is 1. The maximum absolute atomic E-state index is 11.4. The number of benzene rings is 1. The van der Waals surface area contributed by atoms with Crippen molar-refractivity contribution in [2.75, 3.05) is 16.0 Å². The third-order valence-electron chi connectivity index (χ3n) is 4.10. The van der Waals surface area contributed by atoms with Crippen LogP contribution in [0.5, 0.6) is 0 Å². The molecule has 1 aromatic carbocycles. The third kappa shape index (κ3) is 4.30. The van der Waals surface area contributed by atoms with Crippen LogP contribution in [0.3, 0.4) is 0 Å². The summed E-state index contributed by atoms with van der Waals surface area (Å²) in [5.74, 6) is 2.15. The largest absolute Gasteiger partial charge is 0.324 e. The molecule has 4 N–H and O–H groups in total. The van der Waals surface area contributed by atoms with Crippen LogP contribution in [0.2, 0.25) is 0 Å². The molecule has 0 radical (unpaired) electrons. The van der Waals surface area contributed by atoms with Crippen molar-refractivity contribution >= 4 is 34.9 Å². The van der Waals surface area contributed by atoms with E-state index < -0.39 is 0 Å². The Hall–Kier alpha value is -3.68. The first-order chi connectivity index (χ1) is 13.2. The lowest BCUT2D eigenvalue weighted by Gasteiger charge is -2.09. The molecule has 2 heterocycles. The smallest absolute Gasteiger partial charge is 0.247 e. The Kier molecular flexibility index (Phi) is 4.52. The lowest BCUT2D eigenvalue weighted by Crippen LogP contribution is -2.07. The zero-order chi connectivity index (χ0) is 18.6. The Balaban J connectivity index is 1.45. The first-order valence-electron chi connectivity index (χ1n) is 8.65. The van der Waals surface area contributed by atoms with Gasteiger partial charge in [0.1, 0.15) is 5.82 Å². The molecule has 0 spiro atoms. The third-order valence-corrected chi connectivity index (χ3v) is 4.10. The van der Waals surface area contributed by atoms with Gasteiger partial charge in [-0.05, 0) is 43.2 Å². The molecule has 0 atom stereocenters. The lowest BCUT2D eigenvalue weighted by atomic mass is 10.2. The Labute approximate surface area is 156 Å². The number of nitrogens with one attached hydrogen (secondary N) is 4. The molecule has 1 aliphatic carbocycles. The standard InChI is InChI=1S/C19H19N7O/c1-2-18(27)21-13-4-3-5-14(10-13)22-19-20-9-8-16(24-19)23-17-11-15(25-26-17)12-6-7-12/h2-5,8-12H,1,6-7H2,(H,21,27)(H3,20,22,23,24,25,26). The summed E-state index contributed by atoms with van der Waals surface area (Å²) in [5, 5.41) is 16.3. The Morgan fingerprint density at radius 2 is 2.00 bits per heavy atom. The molecule has 0 aliphatic heterocycles. The second kappa shape index (κ2) is 7.28. The van der Waals surface area contributed by atoms with Gasteiger partial charge in [-0.15, -0.1) is 0 Å². The molecule has 27 heavy (non-hydrogen) atoms. The normalized spacial score (nSPS) is 13.0. The molecule has 0 bridgehead atoms. The van der Waals surface area contributed by atoms with Crippen molar-refractivity contribution in [2.24, 2.45) is 0 Å². The van der Waals surface area contributed by atoms with Crippen LogP contribution in [0.1, 0.15) is 24.5 Å². The Morgan fingerprint density at radius 1 is 1.15 bits per heavy atom. The molecule has 1 amide bonds. The highest BCUT2D eigenvalue weighted by Gasteiger charge is 2.25. The first-order valence-corrected chi connectivity index (χ1v) is 8.65. The van der Waals surface area contributed by atoms with E-state index in [0.717, 1.165) is 17.2 Å². The number of carbonyl (C=O) groups is 1. The minimum Gasteiger partial charge on any atom is -0.324 e. The fourth-order valence-corrected chi connectivity index (χ4v) is 2.62. The van der Waals surface area contributed by atoms with Gasteiger partial charge in [-0.1, -0.05) is 12.6 Å². The number of aromatic nitrogens is 4. The molecule has 136 valence electrons. The second-order valence-corrected chi connectivity index (χ2v) is 6.27. The SMILES string of the molecule is C=CC(=O)Nc1cccc(Nc2nccc(Nc3cc(C4CC4)[nH]n3)n2)c1. The van der Waals surface area contributed by atoms with Crippen LogP contribution in [0.4, 0.5) is 29.0 Å². The van der Waals surface area contributed by atoms with E-state index >= 15 is 0 Å². The second-order valence-electron chi connectivity index (χ2n) is 6.27. The molecule has 4 rings (SSSR count). The van der Waals surface area contributed by atoms with Crippen LogP contribution >= 0.6 is 0 Å². The summed E-state index contributed by atoms with van der Waals surface area (Å²) in [6, 6.07) is 11.1. The number of nitrogens with zero attached hydrogens (tertiary/aromatic N) is 3. The van der Waals surface area contributed by atoms with Crippen LogP contribution < -0.4 is 16.0 Å². The van der Waals surface area contributed by atoms with Crippen LogP contribution in [0.25, 0.3) is 0 Å². The van der Waals surface area contributed by atoms with Gasteiger partial charge in [0, 0.05) is 35.2 Å². The summed E-state index contributed by atoms with van der Waals surface area (Å²) in [6.07, 6.45) is 5.32. The van der Waals surface area contributed by atoms with E-state index in [9.17, 15) is 4.79 Å². The highest BCUT2D eigenvalue weighted by Crippen LogP contribution is 2.39. The molecule has 8 heteroatoms. The Bertz CT molecular complexity index is 977. The monoisotopic (exact) mass is 361 g/mol. The average molecular weight is 361 g/mol. The van der Waals surface area contributed by atoms with Crippen molar-refractivity contribution in [3.8, 4) is 0 Å². The summed E-state index contributed by atoms with van der Waals surface area (Å²) in [5.41, 5.74) is 2.57. The quantitative estimate of drug-likeness (QED) is 0.478. The van der Waals surface area contributed by atoms with Gasteiger partial charge >= 0.3 is 0 Å². The van der Waals surface area contributed by atoms with E-state index in [1.165, 1.54) is 18.9 Å². The van der Waals surface area contributed by atoms with Gasteiger partial charge in [0.2, 0.25) is 11.9 Å². The molecular weight excluding hydrogens is 342 g/mol. The molecular formula is C19H19N7O. The van der Waals surface area contributed by atoms with E-state index in [2.05, 4.69) is 42.7 Å². The first kappa shape index (κ1) is 16.8. The van der Waals surface area contributed by atoms with Crippen molar-refractivity contribution in [3.05, 3.63) is 60.9 Å². The predicted octanol–water partition coefficient (Wildman–Crippen LogP) is 3.69. The molecule has 3 aromatic rings. The number of carbonyl (C=O) groups excluding carboxylic acids is 1. The van der Waals surface area contributed by atoms with Crippen molar-refractivity contribution in [3.63, 3.8) is 0 Å². The fraction of sp³-hybridized carbons (Fsp3) is 0.158. The minimum absolute atomic E-state index is 0.265. The molecule has 1 aliphatic rings. The van der Waals surface area contributed by atoms with Gasteiger partial charge in [-0.3, -0.25) is 9.89 Å². The van der Waals surface area contributed by atoms with E-state index in [-0.39, 0.29) is 5.91 Å². The highest BCUT2D eigenvalue weighted by molar-refractivity contribution is 5.99. The highest BCUT2D eigenvalue weighted by atomic mass is 16.1. The Morgan fingerprint density at radius 3 is 2.81 bits per heavy atom. The maximum Gasteiger partial charge on any atom is 0.247 e. The summed E-state index contributed by atoms with van der Waals surface area (Å²) in [7, 11) is 0. The van der Waals surface area contributed by atoms with E-state index in [1.54, 1.807) is 24.4 Å². The lowest BCUT2D eigenvalue weighted by molar-refractivity contribution is -0.111. The van der Waals surface area contributed by atoms with Crippen LogP contribution in [0.15, 0.2) is 55.3 Å². The number of hydrogen-bond donors (Lipinski definition) is 4.